The number of nitrogens with zero attached hydrogens (tertiary/aromatic N) is 1. The van der Waals surface area contributed by atoms with Crippen molar-refractivity contribution < 1.29 is 4.79 Å². The maximum Gasteiger partial charge on any atom is 0.217 e. The summed E-state index contributed by atoms with van der Waals surface area (Å²) in [6, 6.07) is 0. The monoisotopic (exact) mass is 225 g/mol. The van der Waals surface area contributed by atoms with E-state index in [0.29, 0.717) is 12.3 Å². The summed E-state index contributed by atoms with van der Waals surface area (Å²) in [7, 11) is 0. The molecular formula is C12H23N3O. The molecule has 2 saturated heterocycles. The number of hydrogen-bond acceptors (Lipinski definition) is 3. The molecule has 0 bridgehead atoms. The van der Waals surface area contributed by atoms with Crippen LogP contribution in [0.4, 0.5) is 0 Å². The lowest BCUT2D eigenvalue weighted by Crippen LogP contribution is -2.44. The van der Waals surface area contributed by atoms with Gasteiger partial charge in [0.2, 0.25) is 5.91 Å². The topological polar surface area (TPSA) is 58.4 Å². The minimum atomic E-state index is -0.140. The number of amides is 1. The van der Waals surface area contributed by atoms with Crippen LogP contribution in [0.1, 0.15) is 25.7 Å². The maximum absolute atomic E-state index is 10.8. The van der Waals surface area contributed by atoms with Gasteiger partial charge in [0.05, 0.1) is 0 Å². The Morgan fingerprint density at radius 1 is 1.25 bits per heavy atom. The molecule has 0 atom stereocenters. The molecule has 0 aliphatic carbocycles. The molecule has 2 fully saturated rings. The van der Waals surface area contributed by atoms with E-state index in [1.807, 2.05) is 0 Å². The van der Waals surface area contributed by atoms with Crippen LogP contribution in [-0.2, 0) is 4.79 Å². The lowest BCUT2D eigenvalue weighted by atomic mass is 9.92. The van der Waals surface area contributed by atoms with E-state index in [2.05, 4.69) is 10.2 Å². The first-order valence-electron chi connectivity index (χ1n) is 6.45. The highest BCUT2D eigenvalue weighted by molar-refractivity contribution is 5.73. The zero-order valence-corrected chi connectivity index (χ0v) is 9.95. The van der Waals surface area contributed by atoms with E-state index in [9.17, 15) is 4.79 Å². The van der Waals surface area contributed by atoms with Crippen LogP contribution < -0.4 is 11.1 Å². The van der Waals surface area contributed by atoms with Gasteiger partial charge in [-0.1, -0.05) is 0 Å². The summed E-state index contributed by atoms with van der Waals surface area (Å²) in [5.41, 5.74) is 5.22. The Morgan fingerprint density at radius 2 is 1.94 bits per heavy atom. The number of rotatable bonds is 5. The average Bonchev–Trinajstić information content (AvgIpc) is 2.17. The van der Waals surface area contributed by atoms with Crippen LogP contribution in [0.15, 0.2) is 0 Å². The minimum Gasteiger partial charge on any atom is -0.370 e. The molecule has 2 heterocycles. The zero-order valence-electron chi connectivity index (χ0n) is 9.95. The van der Waals surface area contributed by atoms with E-state index in [-0.39, 0.29) is 5.91 Å². The van der Waals surface area contributed by atoms with Gasteiger partial charge < -0.3 is 16.0 Å². The molecular weight excluding hydrogens is 202 g/mol. The Morgan fingerprint density at radius 3 is 2.44 bits per heavy atom. The van der Waals surface area contributed by atoms with E-state index >= 15 is 0 Å². The van der Waals surface area contributed by atoms with Gasteiger partial charge in [-0.2, -0.15) is 0 Å². The SMILES string of the molecule is NC(=O)CC1CCN(CCC2CNC2)CC1. The second kappa shape index (κ2) is 5.64. The largest absolute Gasteiger partial charge is 0.370 e. The van der Waals surface area contributed by atoms with Crippen LogP contribution in [0, 0.1) is 11.8 Å². The second-order valence-electron chi connectivity index (χ2n) is 5.27. The predicted octanol–water partition coefficient (Wildman–Crippen LogP) is 0.183. The van der Waals surface area contributed by atoms with Gasteiger partial charge in [-0.3, -0.25) is 4.79 Å². The normalized spacial score (nSPS) is 24.2. The Bertz CT molecular complexity index is 232. The van der Waals surface area contributed by atoms with Crippen molar-refractivity contribution >= 4 is 5.91 Å². The van der Waals surface area contributed by atoms with Crippen LogP contribution in [0.2, 0.25) is 0 Å². The third-order valence-electron chi connectivity index (χ3n) is 3.92. The number of likely N-dealkylation sites (tertiary alicyclic amines) is 1. The van der Waals surface area contributed by atoms with Crippen molar-refractivity contribution in [1.29, 1.82) is 0 Å². The number of hydrogen-bond donors (Lipinski definition) is 2. The highest BCUT2D eigenvalue weighted by Crippen LogP contribution is 2.21. The summed E-state index contributed by atoms with van der Waals surface area (Å²) in [5, 5.41) is 3.31. The molecule has 1 amide bonds. The van der Waals surface area contributed by atoms with Gasteiger partial charge in [0, 0.05) is 6.42 Å². The maximum atomic E-state index is 10.8. The Balaban J connectivity index is 1.59. The molecule has 4 heteroatoms. The molecule has 2 aliphatic rings. The molecule has 0 saturated carbocycles. The van der Waals surface area contributed by atoms with E-state index in [0.717, 1.165) is 31.8 Å². The number of carbonyl (C=O) groups excluding carboxylic acids is 1. The second-order valence-corrected chi connectivity index (χ2v) is 5.27. The molecule has 3 N–H and O–H groups in total. The highest BCUT2D eigenvalue weighted by Gasteiger charge is 2.22. The number of carbonyl (C=O) groups is 1. The number of nitrogens with one attached hydrogen (secondary N) is 1. The molecule has 0 aromatic carbocycles. The molecule has 92 valence electrons. The summed E-state index contributed by atoms with van der Waals surface area (Å²) in [4.78, 5) is 13.3. The molecule has 2 rings (SSSR count). The first kappa shape index (κ1) is 11.9. The lowest BCUT2D eigenvalue weighted by Gasteiger charge is -2.34. The van der Waals surface area contributed by atoms with Gasteiger partial charge >= 0.3 is 0 Å². The Hall–Kier alpha value is -0.610. The molecule has 2 aliphatic heterocycles. The summed E-state index contributed by atoms with van der Waals surface area (Å²) in [5.74, 6) is 1.31. The van der Waals surface area contributed by atoms with Crippen molar-refractivity contribution in [3.63, 3.8) is 0 Å². The van der Waals surface area contributed by atoms with Crippen LogP contribution in [-0.4, -0.2) is 43.5 Å². The Kier molecular flexibility index (Phi) is 4.18. The Labute approximate surface area is 97.6 Å². The van der Waals surface area contributed by atoms with E-state index in [1.165, 1.54) is 26.1 Å². The summed E-state index contributed by atoms with van der Waals surface area (Å²) in [6.45, 7) is 5.95. The first-order valence-corrected chi connectivity index (χ1v) is 6.45. The fourth-order valence-electron chi connectivity index (χ4n) is 2.62. The van der Waals surface area contributed by atoms with Gasteiger partial charge in [0.1, 0.15) is 0 Å². The van der Waals surface area contributed by atoms with E-state index in [4.69, 9.17) is 5.73 Å². The van der Waals surface area contributed by atoms with Crippen LogP contribution in [0.25, 0.3) is 0 Å². The molecule has 0 spiro atoms. The molecule has 0 radical (unpaired) electrons. The molecule has 0 unspecified atom stereocenters. The van der Waals surface area contributed by atoms with Crippen LogP contribution in [0.3, 0.4) is 0 Å². The van der Waals surface area contributed by atoms with Gasteiger partial charge in [-0.15, -0.1) is 0 Å². The predicted molar refractivity (Wildman–Crippen MR) is 64.0 cm³/mol. The van der Waals surface area contributed by atoms with Crippen LogP contribution >= 0.6 is 0 Å². The number of primary amides is 1. The van der Waals surface area contributed by atoms with Crippen molar-refractivity contribution in [2.45, 2.75) is 25.7 Å². The number of piperidine rings is 1. The lowest BCUT2D eigenvalue weighted by molar-refractivity contribution is -0.119. The summed E-state index contributed by atoms with van der Waals surface area (Å²) >= 11 is 0. The van der Waals surface area contributed by atoms with E-state index < -0.39 is 0 Å². The zero-order chi connectivity index (χ0) is 11.4. The van der Waals surface area contributed by atoms with Crippen molar-refractivity contribution in [2.75, 3.05) is 32.7 Å². The molecule has 0 aromatic rings. The van der Waals surface area contributed by atoms with Gasteiger partial charge in [0.15, 0.2) is 0 Å². The molecule has 4 nitrogen and oxygen atoms in total. The van der Waals surface area contributed by atoms with Crippen LogP contribution in [0.5, 0.6) is 0 Å². The third kappa shape index (κ3) is 3.46. The van der Waals surface area contributed by atoms with Crippen molar-refractivity contribution in [3.8, 4) is 0 Å². The quantitative estimate of drug-likeness (QED) is 0.702. The van der Waals surface area contributed by atoms with E-state index in [1.54, 1.807) is 0 Å². The number of nitrogens with two attached hydrogens (primary N) is 1. The van der Waals surface area contributed by atoms with Crippen molar-refractivity contribution in [2.24, 2.45) is 17.6 Å². The third-order valence-corrected chi connectivity index (χ3v) is 3.92. The first-order chi connectivity index (χ1) is 7.74. The van der Waals surface area contributed by atoms with Crippen molar-refractivity contribution in [1.82, 2.24) is 10.2 Å². The molecule has 16 heavy (non-hydrogen) atoms. The minimum absolute atomic E-state index is 0.140. The van der Waals surface area contributed by atoms with Gasteiger partial charge in [-0.25, -0.2) is 0 Å². The highest BCUT2D eigenvalue weighted by atomic mass is 16.1. The van der Waals surface area contributed by atoms with Crippen molar-refractivity contribution in [3.05, 3.63) is 0 Å². The smallest absolute Gasteiger partial charge is 0.217 e. The standard InChI is InChI=1S/C12H23N3O/c13-12(16)7-10-1-4-15(5-2-10)6-3-11-8-14-9-11/h10-11,14H,1-9H2,(H2,13,16). The summed E-state index contributed by atoms with van der Waals surface area (Å²) in [6.07, 6.45) is 4.20. The summed E-state index contributed by atoms with van der Waals surface area (Å²) < 4.78 is 0. The van der Waals surface area contributed by atoms with Gasteiger partial charge in [-0.05, 0) is 63.8 Å². The fraction of sp³-hybridized carbons (Fsp3) is 0.917. The fourth-order valence-corrected chi connectivity index (χ4v) is 2.62. The van der Waals surface area contributed by atoms with Gasteiger partial charge in [0.25, 0.3) is 0 Å². The average molecular weight is 225 g/mol. The molecule has 0 aromatic heterocycles.